The van der Waals surface area contributed by atoms with E-state index in [4.69, 9.17) is 11.6 Å². The van der Waals surface area contributed by atoms with Gasteiger partial charge in [0.15, 0.2) is 0 Å². The van der Waals surface area contributed by atoms with Crippen molar-refractivity contribution < 1.29 is 0 Å². The molecule has 0 N–H and O–H groups in total. The second-order valence-electron chi connectivity index (χ2n) is 5.24. The molecule has 1 aliphatic rings. The molecule has 1 aromatic heterocycles. The summed E-state index contributed by atoms with van der Waals surface area (Å²) < 4.78 is 0. The number of piperidine rings is 1. The molecule has 0 saturated carbocycles. The van der Waals surface area contributed by atoms with E-state index in [0.717, 1.165) is 45.0 Å². The van der Waals surface area contributed by atoms with Gasteiger partial charge in [-0.3, -0.25) is 0 Å². The molecule has 1 fully saturated rings. The molecule has 0 aromatic carbocycles. The topological polar surface area (TPSA) is 45.2 Å². The molecule has 1 aliphatic heterocycles. The molecular weight excluding hydrogens is 274 g/mol. The van der Waals surface area contributed by atoms with Crippen LogP contribution in [0.3, 0.4) is 0 Å². The first-order chi connectivity index (χ1) is 9.74. The zero-order valence-corrected chi connectivity index (χ0v) is 13.2. The van der Waals surface area contributed by atoms with Gasteiger partial charge in [0.25, 0.3) is 0 Å². The Morgan fingerprint density at radius 3 is 2.25 bits per heavy atom. The van der Waals surface area contributed by atoms with Gasteiger partial charge in [-0.15, -0.1) is 0 Å². The number of hydrogen-bond donors (Lipinski definition) is 0. The third kappa shape index (κ3) is 3.95. The summed E-state index contributed by atoms with van der Waals surface area (Å²) in [5.41, 5.74) is 0. The summed E-state index contributed by atoms with van der Waals surface area (Å²) in [7, 11) is 0. The summed E-state index contributed by atoms with van der Waals surface area (Å²) in [5.74, 6) is 1.45. The van der Waals surface area contributed by atoms with Crippen LogP contribution in [0.4, 0.5) is 11.9 Å². The van der Waals surface area contributed by atoms with Gasteiger partial charge < -0.3 is 9.80 Å². The van der Waals surface area contributed by atoms with Gasteiger partial charge in [0.2, 0.25) is 17.2 Å². The SMILES string of the molecule is CCCN(CCC)c1nc(Cl)nc(N2CCCCC2)n1. The van der Waals surface area contributed by atoms with Crippen molar-refractivity contribution in [3.8, 4) is 0 Å². The Hall–Kier alpha value is -1.10. The molecule has 112 valence electrons. The van der Waals surface area contributed by atoms with Crippen LogP contribution in [-0.4, -0.2) is 41.1 Å². The summed E-state index contributed by atoms with van der Waals surface area (Å²) in [4.78, 5) is 17.7. The maximum atomic E-state index is 6.10. The van der Waals surface area contributed by atoms with Crippen LogP contribution in [0.5, 0.6) is 0 Å². The van der Waals surface area contributed by atoms with Gasteiger partial charge in [-0.1, -0.05) is 13.8 Å². The average Bonchev–Trinajstić information content (AvgIpc) is 2.47. The zero-order chi connectivity index (χ0) is 14.4. The molecule has 0 radical (unpaired) electrons. The Bertz CT molecular complexity index is 414. The highest BCUT2D eigenvalue weighted by molar-refractivity contribution is 6.28. The molecule has 1 saturated heterocycles. The smallest absolute Gasteiger partial charge is 0.231 e. The molecular formula is C14H24ClN5. The second kappa shape index (κ2) is 7.62. The maximum absolute atomic E-state index is 6.10. The first kappa shape index (κ1) is 15.3. The van der Waals surface area contributed by atoms with Crippen molar-refractivity contribution in [3.05, 3.63) is 5.28 Å². The van der Waals surface area contributed by atoms with E-state index >= 15 is 0 Å². The fourth-order valence-corrected chi connectivity index (χ4v) is 2.71. The molecule has 5 nitrogen and oxygen atoms in total. The molecule has 2 rings (SSSR count). The van der Waals surface area contributed by atoms with Crippen molar-refractivity contribution in [2.75, 3.05) is 36.0 Å². The minimum atomic E-state index is 0.299. The first-order valence-electron chi connectivity index (χ1n) is 7.66. The van der Waals surface area contributed by atoms with E-state index < -0.39 is 0 Å². The zero-order valence-electron chi connectivity index (χ0n) is 12.5. The number of nitrogens with zero attached hydrogens (tertiary/aromatic N) is 5. The van der Waals surface area contributed by atoms with E-state index in [0.29, 0.717) is 11.2 Å². The lowest BCUT2D eigenvalue weighted by Crippen LogP contribution is -2.33. The number of aromatic nitrogens is 3. The van der Waals surface area contributed by atoms with Crippen LogP contribution in [0.25, 0.3) is 0 Å². The van der Waals surface area contributed by atoms with Crippen molar-refractivity contribution in [1.82, 2.24) is 15.0 Å². The fourth-order valence-electron chi connectivity index (χ4n) is 2.56. The van der Waals surface area contributed by atoms with E-state index in [1.54, 1.807) is 0 Å². The highest BCUT2D eigenvalue weighted by Crippen LogP contribution is 2.20. The van der Waals surface area contributed by atoms with E-state index in [1.165, 1.54) is 19.3 Å². The molecule has 0 bridgehead atoms. The molecule has 1 aromatic rings. The highest BCUT2D eigenvalue weighted by atomic mass is 35.5. The monoisotopic (exact) mass is 297 g/mol. The number of rotatable bonds is 6. The third-order valence-corrected chi connectivity index (χ3v) is 3.66. The van der Waals surface area contributed by atoms with Crippen molar-refractivity contribution in [2.45, 2.75) is 46.0 Å². The third-order valence-electron chi connectivity index (χ3n) is 3.49. The number of hydrogen-bond acceptors (Lipinski definition) is 5. The van der Waals surface area contributed by atoms with E-state index in [1.807, 2.05) is 0 Å². The Morgan fingerprint density at radius 2 is 1.65 bits per heavy atom. The van der Waals surface area contributed by atoms with Gasteiger partial charge in [-0.2, -0.15) is 15.0 Å². The largest absolute Gasteiger partial charge is 0.341 e. The predicted octanol–water partition coefficient (Wildman–Crippen LogP) is 3.14. The van der Waals surface area contributed by atoms with Crippen molar-refractivity contribution in [2.24, 2.45) is 0 Å². The molecule has 0 unspecified atom stereocenters. The van der Waals surface area contributed by atoms with Crippen LogP contribution in [0, 0.1) is 0 Å². The van der Waals surface area contributed by atoms with Gasteiger partial charge in [0.05, 0.1) is 0 Å². The minimum Gasteiger partial charge on any atom is -0.341 e. The minimum absolute atomic E-state index is 0.299. The Labute approximate surface area is 126 Å². The summed E-state index contributed by atoms with van der Waals surface area (Å²) >= 11 is 6.10. The van der Waals surface area contributed by atoms with Gasteiger partial charge in [0, 0.05) is 26.2 Å². The van der Waals surface area contributed by atoms with E-state index in [-0.39, 0.29) is 0 Å². The van der Waals surface area contributed by atoms with Crippen LogP contribution >= 0.6 is 11.6 Å². The number of anilines is 2. The van der Waals surface area contributed by atoms with Gasteiger partial charge in [-0.25, -0.2) is 0 Å². The molecule has 0 atom stereocenters. The van der Waals surface area contributed by atoms with Gasteiger partial charge in [0.1, 0.15) is 0 Å². The summed E-state index contributed by atoms with van der Waals surface area (Å²) in [6, 6.07) is 0. The molecule has 20 heavy (non-hydrogen) atoms. The Balaban J connectivity index is 2.21. The van der Waals surface area contributed by atoms with E-state index in [9.17, 15) is 0 Å². The highest BCUT2D eigenvalue weighted by Gasteiger charge is 2.17. The normalized spacial score (nSPS) is 15.4. The second-order valence-corrected chi connectivity index (χ2v) is 5.58. The van der Waals surface area contributed by atoms with E-state index in [2.05, 4.69) is 38.6 Å². The molecule has 0 amide bonds. The maximum Gasteiger partial charge on any atom is 0.231 e. The predicted molar refractivity (Wildman–Crippen MR) is 83.7 cm³/mol. The van der Waals surface area contributed by atoms with Gasteiger partial charge in [-0.05, 0) is 43.7 Å². The quantitative estimate of drug-likeness (QED) is 0.807. The Morgan fingerprint density at radius 1 is 1.00 bits per heavy atom. The standard InChI is InChI=1S/C14H24ClN5/c1-3-8-19(9-4-2)13-16-12(15)17-14(18-13)20-10-6-5-7-11-20/h3-11H2,1-2H3. The lowest BCUT2D eigenvalue weighted by molar-refractivity contribution is 0.566. The van der Waals surface area contributed by atoms with Crippen molar-refractivity contribution in [1.29, 1.82) is 0 Å². The molecule has 6 heteroatoms. The van der Waals surface area contributed by atoms with Crippen LogP contribution in [0.2, 0.25) is 5.28 Å². The Kier molecular flexibility index (Phi) is 5.83. The molecule has 0 aliphatic carbocycles. The van der Waals surface area contributed by atoms with Crippen molar-refractivity contribution >= 4 is 23.5 Å². The first-order valence-corrected chi connectivity index (χ1v) is 8.03. The number of halogens is 1. The molecule has 2 heterocycles. The average molecular weight is 298 g/mol. The van der Waals surface area contributed by atoms with Crippen LogP contribution in [0.15, 0.2) is 0 Å². The summed E-state index contributed by atoms with van der Waals surface area (Å²) in [6.07, 6.45) is 5.84. The van der Waals surface area contributed by atoms with Crippen molar-refractivity contribution in [3.63, 3.8) is 0 Å². The van der Waals surface area contributed by atoms with Crippen LogP contribution < -0.4 is 9.80 Å². The van der Waals surface area contributed by atoms with Crippen LogP contribution in [0.1, 0.15) is 46.0 Å². The fraction of sp³-hybridized carbons (Fsp3) is 0.786. The molecule has 0 spiro atoms. The lowest BCUT2D eigenvalue weighted by atomic mass is 10.1. The van der Waals surface area contributed by atoms with Crippen LogP contribution in [-0.2, 0) is 0 Å². The lowest BCUT2D eigenvalue weighted by Gasteiger charge is -2.28. The van der Waals surface area contributed by atoms with Gasteiger partial charge >= 0.3 is 0 Å². The summed E-state index contributed by atoms with van der Waals surface area (Å²) in [6.45, 7) is 8.26. The summed E-state index contributed by atoms with van der Waals surface area (Å²) in [5, 5.41) is 0.299.